The van der Waals surface area contributed by atoms with Gasteiger partial charge in [-0.3, -0.25) is 0 Å². The van der Waals surface area contributed by atoms with Gasteiger partial charge >= 0.3 is 0 Å². The maximum Gasteiger partial charge on any atom is 0.126 e. The highest BCUT2D eigenvalue weighted by Crippen LogP contribution is 2.35. The van der Waals surface area contributed by atoms with E-state index in [9.17, 15) is 13.9 Å². The number of aliphatic hydroxyl groups is 1. The minimum Gasteiger partial charge on any atom is -0.389 e. The van der Waals surface area contributed by atoms with Crippen molar-refractivity contribution in [1.82, 2.24) is 5.32 Å². The Bertz CT molecular complexity index is 465. The molecule has 0 spiro atoms. The molecule has 2 saturated heterocycles. The van der Waals surface area contributed by atoms with Crippen LogP contribution in [-0.2, 0) is 6.42 Å². The third-order valence-electron chi connectivity index (χ3n) is 4.36. The van der Waals surface area contributed by atoms with E-state index in [4.69, 9.17) is 0 Å². The topological polar surface area (TPSA) is 32.3 Å². The van der Waals surface area contributed by atoms with Crippen molar-refractivity contribution in [3.05, 3.63) is 35.4 Å². The van der Waals surface area contributed by atoms with Gasteiger partial charge in [-0.2, -0.15) is 0 Å². The Hall–Kier alpha value is -1.00. The van der Waals surface area contributed by atoms with Crippen molar-refractivity contribution in [2.45, 2.75) is 56.2 Å². The molecule has 104 valence electrons. The highest BCUT2D eigenvalue weighted by atomic mass is 19.1. The van der Waals surface area contributed by atoms with Crippen LogP contribution >= 0.6 is 0 Å². The maximum absolute atomic E-state index is 13.7. The number of halogens is 2. The number of nitrogens with one attached hydrogen (secondary N) is 1. The van der Waals surface area contributed by atoms with Crippen LogP contribution < -0.4 is 5.32 Å². The Balaban J connectivity index is 1.79. The third kappa shape index (κ3) is 2.79. The van der Waals surface area contributed by atoms with Gasteiger partial charge in [-0.25, -0.2) is 8.78 Å². The van der Waals surface area contributed by atoms with Crippen molar-refractivity contribution in [2.24, 2.45) is 0 Å². The van der Waals surface area contributed by atoms with Crippen LogP contribution in [0.3, 0.4) is 0 Å². The molecule has 0 radical (unpaired) electrons. The first-order chi connectivity index (χ1) is 9.04. The second kappa shape index (κ2) is 4.84. The van der Waals surface area contributed by atoms with Gasteiger partial charge in [-0.15, -0.1) is 0 Å². The molecule has 0 aromatic heterocycles. The Morgan fingerprint density at radius 2 is 1.89 bits per heavy atom. The zero-order chi connectivity index (χ0) is 13.5. The lowest BCUT2D eigenvalue weighted by Crippen LogP contribution is -2.56. The van der Waals surface area contributed by atoms with Crippen molar-refractivity contribution in [3.63, 3.8) is 0 Å². The average molecular weight is 267 g/mol. The van der Waals surface area contributed by atoms with Crippen LogP contribution in [0.15, 0.2) is 18.2 Å². The molecule has 2 bridgehead atoms. The van der Waals surface area contributed by atoms with Crippen molar-refractivity contribution in [1.29, 1.82) is 0 Å². The fourth-order valence-corrected chi connectivity index (χ4v) is 3.61. The van der Waals surface area contributed by atoms with Crippen molar-refractivity contribution < 1.29 is 13.9 Å². The first kappa shape index (κ1) is 13.0. The first-order valence-corrected chi connectivity index (χ1v) is 6.96. The molecule has 0 aliphatic carbocycles. The lowest BCUT2D eigenvalue weighted by Gasteiger charge is -2.45. The van der Waals surface area contributed by atoms with Gasteiger partial charge in [0.1, 0.15) is 11.6 Å². The molecule has 1 aromatic carbocycles. The highest BCUT2D eigenvalue weighted by molar-refractivity contribution is 5.21. The molecule has 2 fully saturated rings. The fraction of sp³-hybridized carbons (Fsp3) is 0.600. The van der Waals surface area contributed by atoms with Crippen molar-refractivity contribution in [3.8, 4) is 0 Å². The molecular weight excluding hydrogens is 248 g/mol. The van der Waals surface area contributed by atoms with E-state index in [1.165, 1.54) is 12.5 Å². The van der Waals surface area contributed by atoms with Crippen molar-refractivity contribution >= 4 is 0 Å². The summed E-state index contributed by atoms with van der Waals surface area (Å²) in [5.74, 6) is -0.882. The second-order valence-corrected chi connectivity index (χ2v) is 6.04. The van der Waals surface area contributed by atoms with Gasteiger partial charge in [0, 0.05) is 18.5 Å². The van der Waals surface area contributed by atoms with Crippen molar-refractivity contribution in [2.75, 3.05) is 0 Å². The lowest BCUT2D eigenvalue weighted by molar-refractivity contribution is -0.0308. The van der Waals surface area contributed by atoms with E-state index in [1.54, 1.807) is 0 Å². The average Bonchev–Trinajstić information content (AvgIpc) is 2.33. The standard InChI is InChI=1S/C15H19F2NO/c16-11-4-5-14(17)10(6-11)7-15(19)8-12-2-1-3-13(9-15)18-12/h4-6,12-13,18-19H,1-3,7-9H2. The minimum absolute atomic E-state index is 0.200. The normalized spacial score (nSPS) is 34.3. The first-order valence-electron chi connectivity index (χ1n) is 6.96. The number of hydrogen-bond acceptors (Lipinski definition) is 2. The van der Waals surface area contributed by atoms with E-state index in [1.807, 2.05) is 0 Å². The fourth-order valence-electron chi connectivity index (χ4n) is 3.61. The van der Waals surface area contributed by atoms with E-state index in [-0.39, 0.29) is 12.0 Å². The maximum atomic E-state index is 13.7. The molecule has 2 heterocycles. The summed E-state index contributed by atoms with van der Waals surface area (Å²) in [5.41, 5.74) is -0.627. The van der Waals surface area contributed by atoms with Crippen LogP contribution in [0.1, 0.15) is 37.7 Å². The number of piperidine rings is 2. The molecule has 2 unspecified atom stereocenters. The van der Waals surface area contributed by atoms with Crippen LogP contribution in [0.25, 0.3) is 0 Å². The van der Waals surface area contributed by atoms with Crippen LogP contribution in [0.5, 0.6) is 0 Å². The predicted molar refractivity (Wildman–Crippen MR) is 68.8 cm³/mol. The van der Waals surface area contributed by atoms with E-state index in [2.05, 4.69) is 5.32 Å². The Labute approximate surface area is 111 Å². The smallest absolute Gasteiger partial charge is 0.126 e. The molecule has 2 N–H and O–H groups in total. The van der Waals surface area contributed by atoms with Gasteiger partial charge in [-0.05, 0) is 49.4 Å². The van der Waals surface area contributed by atoms with E-state index < -0.39 is 17.2 Å². The van der Waals surface area contributed by atoms with Gasteiger partial charge < -0.3 is 10.4 Å². The summed E-state index contributed by atoms with van der Waals surface area (Å²) in [4.78, 5) is 0. The van der Waals surface area contributed by atoms with Gasteiger partial charge in [-0.1, -0.05) is 6.42 Å². The van der Waals surface area contributed by atoms with Gasteiger partial charge in [0.25, 0.3) is 0 Å². The second-order valence-electron chi connectivity index (χ2n) is 6.04. The quantitative estimate of drug-likeness (QED) is 0.863. The lowest BCUT2D eigenvalue weighted by atomic mass is 9.74. The summed E-state index contributed by atoms with van der Waals surface area (Å²) in [6.45, 7) is 0. The van der Waals surface area contributed by atoms with Crippen LogP contribution in [-0.4, -0.2) is 22.8 Å². The Morgan fingerprint density at radius 1 is 1.21 bits per heavy atom. The SMILES string of the molecule is OC1(Cc2cc(F)ccc2F)CC2CCCC(C1)N2. The summed E-state index contributed by atoms with van der Waals surface area (Å²) in [6, 6.07) is 4.07. The largest absolute Gasteiger partial charge is 0.389 e. The summed E-state index contributed by atoms with van der Waals surface area (Å²) < 4.78 is 26.9. The molecule has 2 aliphatic rings. The number of fused-ring (bicyclic) bond motifs is 2. The van der Waals surface area contributed by atoms with Gasteiger partial charge in [0.15, 0.2) is 0 Å². The molecule has 0 saturated carbocycles. The predicted octanol–water partition coefficient (Wildman–Crippen LogP) is 2.54. The van der Waals surface area contributed by atoms with Gasteiger partial charge in [0.2, 0.25) is 0 Å². The molecule has 19 heavy (non-hydrogen) atoms. The number of benzene rings is 1. The van der Waals surface area contributed by atoms with E-state index in [0.29, 0.717) is 24.9 Å². The van der Waals surface area contributed by atoms with E-state index in [0.717, 1.165) is 25.0 Å². The molecule has 3 rings (SSSR count). The van der Waals surface area contributed by atoms with Gasteiger partial charge in [0.05, 0.1) is 5.60 Å². The highest BCUT2D eigenvalue weighted by Gasteiger charge is 2.40. The zero-order valence-electron chi connectivity index (χ0n) is 10.8. The Kier molecular flexibility index (Phi) is 3.31. The molecule has 2 aliphatic heterocycles. The third-order valence-corrected chi connectivity index (χ3v) is 4.36. The van der Waals surface area contributed by atoms with E-state index >= 15 is 0 Å². The van der Waals surface area contributed by atoms with Crippen LogP contribution in [0.2, 0.25) is 0 Å². The molecular formula is C15H19F2NO. The summed E-state index contributed by atoms with van der Waals surface area (Å²) in [5, 5.41) is 14.2. The summed E-state index contributed by atoms with van der Waals surface area (Å²) in [7, 11) is 0. The summed E-state index contributed by atoms with van der Waals surface area (Å²) in [6.07, 6.45) is 4.76. The molecule has 2 atom stereocenters. The monoisotopic (exact) mass is 267 g/mol. The van der Waals surface area contributed by atoms with Crippen LogP contribution in [0, 0.1) is 11.6 Å². The van der Waals surface area contributed by atoms with Crippen LogP contribution in [0.4, 0.5) is 8.78 Å². The molecule has 2 nitrogen and oxygen atoms in total. The molecule has 1 aromatic rings. The summed E-state index contributed by atoms with van der Waals surface area (Å²) >= 11 is 0. The number of hydrogen-bond donors (Lipinski definition) is 2. The minimum atomic E-state index is -0.907. The molecule has 4 heteroatoms. The Morgan fingerprint density at radius 3 is 2.58 bits per heavy atom. The zero-order valence-corrected chi connectivity index (χ0v) is 10.8. The number of rotatable bonds is 2. The molecule has 0 amide bonds.